The Morgan fingerprint density at radius 2 is 1.69 bits per heavy atom. The molecule has 2 aromatic carbocycles. The third-order valence-electron chi connectivity index (χ3n) is 6.79. The Kier molecular flexibility index (Phi) is 8.80. The van der Waals surface area contributed by atoms with Gasteiger partial charge in [-0.2, -0.15) is 0 Å². The summed E-state index contributed by atoms with van der Waals surface area (Å²) in [6, 6.07) is 14.5. The zero-order valence-electron chi connectivity index (χ0n) is 21.1. The summed E-state index contributed by atoms with van der Waals surface area (Å²) in [4.78, 5) is 30.4. The van der Waals surface area contributed by atoms with E-state index in [0.29, 0.717) is 24.0 Å². The predicted molar refractivity (Wildman–Crippen MR) is 144 cm³/mol. The molecule has 2 amide bonds. The topological polar surface area (TPSA) is 71.1 Å². The fraction of sp³-hybridized carbons (Fsp3) is 0.464. The SMILES string of the molecule is CCCOc1ccc(NC(=O)C[C@@H]2C(=O)N(C3CCCCC3)C(=S)N2Cc2ccc(OC)cc2)cc1. The summed E-state index contributed by atoms with van der Waals surface area (Å²) in [6.07, 6.45) is 6.25. The summed E-state index contributed by atoms with van der Waals surface area (Å²) in [6.45, 7) is 3.16. The second kappa shape index (κ2) is 12.2. The Balaban J connectivity index is 1.48. The highest BCUT2D eigenvalue weighted by Gasteiger charge is 2.46. The fourth-order valence-electron chi connectivity index (χ4n) is 4.88. The Hall–Kier alpha value is -3.13. The van der Waals surface area contributed by atoms with Crippen LogP contribution in [-0.2, 0) is 16.1 Å². The molecule has 1 heterocycles. The van der Waals surface area contributed by atoms with Gasteiger partial charge in [-0.3, -0.25) is 14.5 Å². The van der Waals surface area contributed by atoms with Crippen LogP contribution in [0.1, 0.15) is 57.4 Å². The van der Waals surface area contributed by atoms with Gasteiger partial charge < -0.3 is 19.7 Å². The molecule has 1 aliphatic carbocycles. The van der Waals surface area contributed by atoms with Crippen LogP contribution in [0.15, 0.2) is 48.5 Å². The first kappa shape index (κ1) is 25.9. The second-order valence-corrected chi connectivity index (χ2v) is 9.76. The number of nitrogens with zero attached hydrogens (tertiary/aromatic N) is 2. The predicted octanol–water partition coefficient (Wildman–Crippen LogP) is 5.14. The minimum Gasteiger partial charge on any atom is -0.497 e. The molecule has 0 radical (unpaired) electrons. The van der Waals surface area contributed by atoms with Crippen LogP contribution in [0.4, 0.5) is 5.69 Å². The van der Waals surface area contributed by atoms with Crippen LogP contribution < -0.4 is 14.8 Å². The summed E-state index contributed by atoms with van der Waals surface area (Å²) in [5, 5.41) is 3.46. The van der Waals surface area contributed by atoms with E-state index in [1.165, 1.54) is 6.42 Å². The van der Waals surface area contributed by atoms with Crippen molar-refractivity contribution >= 4 is 34.8 Å². The molecule has 192 valence electrons. The van der Waals surface area contributed by atoms with Gasteiger partial charge in [0, 0.05) is 18.3 Å². The number of carbonyl (C=O) groups is 2. The van der Waals surface area contributed by atoms with E-state index in [-0.39, 0.29) is 24.3 Å². The normalized spacial score (nSPS) is 18.4. The van der Waals surface area contributed by atoms with Gasteiger partial charge in [-0.05, 0) is 73.4 Å². The van der Waals surface area contributed by atoms with Crippen LogP contribution >= 0.6 is 12.2 Å². The Labute approximate surface area is 218 Å². The maximum Gasteiger partial charge on any atom is 0.252 e. The Morgan fingerprint density at radius 1 is 1.03 bits per heavy atom. The van der Waals surface area contributed by atoms with E-state index in [2.05, 4.69) is 12.2 Å². The number of rotatable bonds is 10. The van der Waals surface area contributed by atoms with Crippen LogP contribution in [0.5, 0.6) is 11.5 Å². The molecule has 1 N–H and O–H groups in total. The first-order valence-electron chi connectivity index (χ1n) is 12.8. The lowest BCUT2D eigenvalue weighted by molar-refractivity contribution is -0.132. The molecule has 4 rings (SSSR count). The van der Waals surface area contributed by atoms with Gasteiger partial charge in [-0.15, -0.1) is 0 Å². The number of hydrogen-bond acceptors (Lipinski definition) is 5. The third kappa shape index (κ3) is 6.16. The number of benzene rings is 2. The molecule has 0 bridgehead atoms. The second-order valence-electron chi connectivity index (χ2n) is 9.40. The lowest BCUT2D eigenvalue weighted by Gasteiger charge is -2.31. The monoisotopic (exact) mass is 509 g/mol. The van der Waals surface area contributed by atoms with Crippen LogP contribution in [0, 0.1) is 0 Å². The molecule has 1 saturated carbocycles. The Morgan fingerprint density at radius 3 is 2.33 bits per heavy atom. The lowest BCUT2D eigenvalue weighted by Crippen LogP contribution is -2.42. The van der Waals surface area contributed by atoms with E-state index in [1.807, 2.05) is 53.4 Å². The molecule has 0 unspecified atom stereocenters. The van der Waals surface area contributed by atoms with Crippen molar-refractivity contribution in [3.05, 3.63) is 54.1 Å². The van der Waals surface area contributed by atoms with Gasteiger partial charge in [-0.25, -0.2) is 0 Å². The van der Waals surface area contributed by atoms with Gasteiger partial charge in [0.15, 0.2) is 5.11 Å². The zero-order chi connectivity index (χ0) is 25.5. The van der Waals surface area contributed by atoms with Gasteiger partial charge >= 0.3 is 0 Å². The van der Waals surface area contributed by atoms with E-state index < -0.39 is 6.04 Å². The molecule has 8 heteroatoms. The van der Waals surface area contributed by atoms with Crippen molar-refractivity contribution in [2.24, 2.45) is 0 Å². The highest BCUT2D eigenvalue weighted by atomic mass is 32.1. The molecule has 2 aliphatic rings. The van der Waals surface area contributed by atoms with E-state index in [9.17, 15) is 9.59 Å². The van der Waals surface area contributed by atoms with Gasteiger partial charge in [0.25, 0.3) is 5.91 Å². The maximum absolute atomic E-state index is 13.6. The average molecular weight is 510 g/mol. The average Bonchev–Trinajstić information content (AvgIpc) is 3.13. The van der Waals surface area contributed by atoms with Crippen LogP contribution in [-0.4, -0.2) is 52.5 Å². The summed E-state index contributed by atoms with van der Waals surface area (Å²) in [7, 11) is 1.63. The zero-order valence-corrected chi connectivity index (χ0v) is 21.9. The van der Waals surface area contributed by atoms with E-state index in [4.69, 9.17) is 21.7 Å². The van der Waals surface area contributed by atoms with Gasteiger partial charge in [0.1, 0.15) is 17.5 Å². The molecule has 2 fully saturated rings. The van der Waals surface area contributed by atoms with E-state index in [1.54, 1.807) is 12.0 Å². The first-order chi connectivity index (χ1) is 17.5. The van der Waals surface area contributed by atoms with Gasteiger partial charge in [0.05, 0.1) is 20.1 Å². The van der Waals surface area contributed by atoms with Crippen molar-refractivity contribution in [3.63, 3.8) is 0 Å². The number of nitrogens with one attached hydrogen (secondary N) is 1. The first-order valence-corrected chi connectivity index (χ1v) is 13.2. The molecule has 2 aromatic rings. The van der Waals surface area contributed by atoms with Crippen molar-refractivity contribution in [2.45, 2.75) is 70.5 Å². The van der Waals surface area contributed by atoms with E-state index >= 15 is 0 Å². The molecular weight excluding hydrogens is 474 g/mol. The highest BCUT2D eigenvalue weighted by Crippen LogP contribution is 2.31. The molecule has 7 nitrogen and oxygen atoms in total. The van der Waals surface area contributed by atoms with E-state index in [0.717, 1.165) is 49.2 Å². The molecule has 0 spiro atoms. The molecule has 1 saturated heterocycles. The smallest absolute Gasteiger partial charge is 0.252 e. The number of ether oxygens (including phenoxy) is 2. The highest BCUT2D eigenvalue weighted by molar-refractivity contribution is 7.80. The van der Waals surface area contributed by atoms with Crippen LogP contribution in [0.3, 0.4) is 0 Å². The van der Waals surface area contributed by atoms with Crippen molar-refractivity contribution < 1.29 is 19.1 Å². The van der Waals surface area contributed by atoms with Crippen molar-refractivity contribution in [2.75, 3.05) is 19.0 Å². The largest absolute Gasteiger partial charge is 0.497 e. The van der Waals surface area contributed by atoms with Gasteiger partial charge in [0.2, 0.25) is 5.91 Å². The maximum atomic E-state index is 13.6. The lowest BCUT2D eigenvalue weighted by atomic mass is 9.94. The number of thiocarbonyl (C=S) groups is 1. The quantitative estimate of drug-likeness (QED) is 0.447. The standard InChI is InChI=1S/C28H35N3O4S/c1-3-17-35-24-15-11-21(12-16-24)29-26(32)18-25-27(33)31(22-7-5-4-6-8-22)28(36)30(25)19-20-9-13-23(34-2)14-10-20/h9-16,22,25H,3-8,17-19H2,1-2H3,(H,29,32)/t25-/m1/s1. The van der Waals surface area contributed by atoms with Crippen molar-refractivity contribution in [3.8, 4) is 11.5 Å². The minimum atomic E-state index is -0.631. The fourth-order valence-corrected chi connectivity index (χ4v) is 5.31. The van der Waals surface area contributed by atoms with Crippen molar-refractivity contribution in [1.29, 1.82) is 0 Å². The summed E-state index contributed by atoms with van der Waals surface area (Å²) in [5.74, 6) is 1.24. The van der Waals surface area contributed by atoms with Crippen LogP contribution in [0.25, 0.3) is 0 Å². The summed E-state index contributed by atoms with van der Waals surface area (Å²) < 4.78 is 10.9. The molecule has 1 aliphatic heterocycles. The van der Waals surface area contributed by atoms with Crippen LogP contribution in [0.2, 0.25) is 0 Å². The number of amides is 2. The van der Waals surface area contributed by atoms with Gasteiger partial charge in [-0.1, -0.05) is 38.3 Å². The number of hydrogen-bond donors (Lipinski definition) is 1. The molecular formula is C28H35N3O4S. The number of methoxy groups -OCH3 is 1. The molecule has 36 heavy (non-hydrogen) atoms. The molecule has 0 aromatic heterocycles. The van der Waals surface area contributed by atoms with Crippen molar-refractivity contribution in [1.82, 2.24) is 9.80 Å². The minimum absolute atomic E-state index is 0.0342. The Bertz CT molecular complexity index is 1050. The molecule has 1 atom stereocenters. The number of carbonyl (C=O) groups excluding carboxylic acids is 2. The number of anilines is 1. The third-order valence-corrected chi connectivity index (χ3v) is 7.22. The summed E-state index contributed by atoms with van der Waals surface area (Å²) >= 11 is 5.84. The summed E-state index contributed by atoms with van der Waals surface area (Å²) in [5.41, 5.74) is 1.67.